The Labute approximate surface area is 136 Å². The fourth-order valence-electron chi connectivity index (χ4n) is 2.00. The summed E-state index contributed by atoms with van der Waals surface area (Å²) in [6.45, 7) is 0.577. The van der Waals surface area contributed by atoms with Gasteiger partial charge in [-0.2, -0.15) is 0 Å². The lowest BCUT2D eigenvalue weighted by Crippen LogP contribution is -2.25. The zero-order chi connectivity index (χ0) is 15.7. The van der Waals surface area contributed by atoms with Crippen molar-refractivity contribution < 1.29 is 21.6 Å². The molecule has 1 atom stereocenters. The molecule has 1 unspecified atom stereocenters. The maximum Gasteiger partial charge on any atom is 0.262 e. The van der Waals surface area contributed by atoms with Gasteiger partial charge in [0, 0.05) is 27.4 Å². The van der Waals surface area contributed by atoms with Gasteiger partial charge in [0.15, 0.2) is 0 Å². The monoisotopic (exact) mass is 417 g/mol. The van der Waals surface area contributed by atoms with Crippen LogP contribution in [0, 0.1) is 0 Å². The van der Waals surface area contributed by atoms with Gasteiger partial charge in [0.1, 0.15) is 0 Å². The molecule has 0 radical (unpaired) electrons. The molecule has 2 rings (SSSR count). The third-order valence-electron chi connectivity index (χ3n) is 2.90. The van der Waals surface area contributed by atoms with Crippen LogP contribution in [0.1, 0.15) is 12.8 Å². The molecule has 1 aliphatic heterocycles. The lowest BCUT2D eigenvalue weighted by atomic mass is 10.3. The summed E-state index contributed by atoms with van der Waals surface area (Å²) < 4.78 is 54.4. The Hall–Kier alpha value is -0.350. The first-order chi connectivity index (χ1) is 9.67. The molecule has 0 saturated carbocycles. The Morgan fingerprint density at radius 2 is 2.05 bits per heavy atom. The van der Waals surface area contributed by atoms with E-state index in [0.29, 0.717) is 13.0 Å². The Morgan fingerprint density at radius 1 is 1.33 bits per heavy atom. The number of ether oxygens (including phenoxy) is 1. The molecular weight excluding hydrogens is 406 g/mol. The van der Waals surface area contributed by atoms with E-state index in [1.165, 1.54) is 18.2 Å². The van der Waals surface area contributed by atoms with E-state index in [-0.39, 0.29) is 26.9 Å². The minimum absolute atomic E-state index is 0.119. The highest BCUT2D eigenvalue weighted by Crippen LogP contribution is 2.28. The van der Waals surface area contributed by atoms with Crippen LogP contribution in [0.25, 0.3) is 0 Å². The smallest absolute Gasteiger partial charge is 0.262 e. The molecule has 1 aromatic rings. The highest BCUT2D eigenvalue weighted by molar-refractivity contribution is 9.10. The normalized spacial score (nSPS) is 19.6. The van der Waals surface area contributed by atoms with Crippen LogP contribution in [-0.4, -0.2) is 35.3 Å². The molecular formula is C11H13BrClNO5S2. The van der Waals surface area contributed by atoms with Crippen molar-refractivity contribution in [3.63, 3.8) is 0 Å². The highest BCUT2D eigenvalue weighted by Gasteiger charge is 2.23. The van der Waals surface area contributed by atoms with Crippen LogP contribution in [0.2, 0.25) is 0 Å². The summed E-state index contributed by atoms with van der Waals surface area (Å²) in [7, 11) is -2.20. The molecule has 1 fully saturated rings. The van der Waals surface area contributed by atoms with E-state index in [4.69, 9.17) is 15.4 Å². The predicted octanol–water partition coefficient (Wildman–Crippen LogP) is 2.30. The van der Waals surface area contributed by atoms with Gasteiger partial charge in [-0.25, -0.2) is 16.8 Å². The fourth-order valence-corrected chi connectivity index (χ4v) is 5.55. The van der Waals surface area contributed by atoms with Crippen LogP contribution in [0.3, 0.4) is 0 Å². The van der Waals surface area contributed by atoms with Gasteiger partial charge in [-0.15, -0.1) is 0 Å². The summed E-state index contributed by atoms with van der Waals surface area (Å²) in [5, 5.41) is 0. The van der Waals surface area contributed by atoms with Gasteiger partial charge in [-0.1, -0.05) is 0 Å². The van der Waals surface area contributed by atoms with Crippen molar-refractivity contribution in [2.75, 3.05) is 17.1 Å². The van der Waals surface area contributed by atoms with Crippen LogP contribution < -0.4 is 4.72 Å². The third kappa shape index (κ3) is 4.82. The maximum absolute atomic E-state index is 12.0. The van der Waals surface area contributed by atoms with Crippen LogP contribution in [0.15, 0.2) is 27.6 Å². The van der Waals surface area contributed by atoms with Gasteiger partial charge >= 0.3 is 0 Å². The number of benzene rings is 1. The minimum atomic E-state index is -3.88. The molecule has 6 nitrogen and oxygen atoms in total. The number of anilines is 1. The largest absolute Gasteiger partial charge is 0.377 e. The quantitative estimate of drug-likeness (QED) is 0.741. The number of hydrogen-bond donors (Lipinski definition) is 1. The third-order valence-corrected chi connectivity index (χ3v) is 6.55. The van der Waals surface area contributed by atoms with Crippen LogP contribution in [-0.2, 0) is 23.8 Å². The molecule has 10 heteroatoms. The van der Waals surface area contributed by atoms with Crippen molar-refractivity contribution in [3.8, 4) is 0 Å². The van der Waals surface area contributed by atoms with Gasteiger partial charge in [-0.3, -0.25) is 4.72 Å². The van der Waals surface area contributed by atoms with Crippen LogP contribution in [0.4, 0.5) is 5.69 Å². The summed E-state index contributed by atoms with van der Waals surface area (Å²) in [5.74, 6) is -0.125. The second-order valence-corrected chi connectivity index (χ2v) is 9.76. The molecule has 1 N–H and O–H groups in total. The molecule has 0 aliphatic carbocycles. The first kappa shape index (κ1) is 17.0. The zero-order valence-corrected chi connectivity index (χ0v) is 14.7. The van der Waals surface area contributed by atoms with Crippen molar-refractivity contribution in [1.29, 1.82) is 0 Å². The lowest BCUT2D eigenvalue weighted by Gasteiger charge is -2.12. The van der Waals surface area contributed by atoms with Crippen molar-refractivity contribution in [1.82, 2.24) is 0 Å². The second-order valence-electron chi connectivity index (χ2n) is 4.60. The second kappa shape index (κ2) is 6.41. The number of nitrogens with one attached hydrogen (secondary N) is 1. The Bertz CT molecular complexity index is 729. The Morgan fingerprint density at radius 3 is 2.57 bits per heavy atom. The summed E-state index contributed by atoms with van der Waals surface area (Å²) in [6, 6.07) is 3.92. The number of hydrogen-bond acceptors (Lipinski definition) is 5. The molecule has 1 aromatic carbocycles. The van der Waals surface area contributed by atoms with Gasteiger partial charge in [0.05, 0.1) is 16.8 Å². The number of rotatable bonds is 5. The molecule has 21 heavy (non-hydrogen) atoms. The summed E-state index contributed by atoms with van der Waals surface area (Å²) in [5.41, 5.74) is 0.254. The van der Waals surface area contributed by atoms with Gasteiger partial charge < -0.3 is 4.74 Å². The van der Waals surface area contributed by atoms with E-state index in [1.807, 2.05) is 0 Å². The standard InChI is InChI=1S/C11H13BrClNO5S2/c12-10-6-8(3-4-11(10)21(13,17)18)14-20(15,16)7-9-2-1-5-19-9/h3-4,6,9,14H,1-2,5,7H2. The average molecular weight is 419 g/mol. The van der Waals surface area contributed by atoms with Crippen LogP contribution in [0.5, 0.6) is 0 Å². The molecule has 0 aromatic heterocycles. The fraction of sp³-hybridized carbons (Fsp3) is 0.455. The minimum Gasteiger partial charge on any atom is -0.377 e. The first-order valence-corrected chi connectivity index (χ1v) is 10.8. The highest BCUT2D eigenvalue weighted by atomic mass is 79.9. The molecule has 1 saturated heterocycles. The Kier molecular flexibility index (Phi) is 5.19. The van der Waals surface area contributed by atoms with E-state index in [9.17, 15) is 16.8 Å². The maximum atomic E-state index is 12.0. The van der Waals surface area contributed by atoms with E-state index in [1.54, 1.807) is 0 Å². The lowest BCUT2D eigenvalue weighted by molar-refractivity contribution is 0.127. The van der Waals surface area contributed by atoms with Crippen molar-refractivity contribution in [2.45, 2.75) is 23.8 Å². The van der Waals surface area contributed by atoms with Crippen molar-refractivity contribution >= 4 is 51.4 Å². The Balaban J connectivity index is 2.14. The average Bonchev–Trinajstić information content (AvgIpc) is 2.78. The molecule has 0 bridgehead atoms. The SMILES string of the molecule is O=S(=O)(CC1CCCO1)Nc1ccc(S(=O)(=O)Cl)c(Br)c1. The van der Waals surface area contributed by atoms with Crippen LogP contribution >= 0.6 is 26.6 Å². The van der Waals surface area contributed by atoms with E-state index >= 15 is 0 Å². The summed E-state index contributed by atoms with van der Waals surface area (Å²) >= 11 is 3.06. The topological polar surface area (TPSA) is 89.5 Å². The molecule has 0 amide bonds. The van der Waals surface area contributed by atoms with E-state index in [2.05, 4.69) is 20.7 Å². The predicted molar refractivity (Wildman–Crippen MR) is 83.6 cm³/mol. The first-order valence-electron chi connectivity index (χ1n) is 6.04. The summed E-state index contributed by atoms with van der Waals surface area (Å²) in [4.78, 5) is -0.119. The molecule has 118 valence electrons. The molecule has 1 aliphatic rings. The van der Waals surface area contributed by atoms with Gasteiger partial charge in [0.25, 0.3) is 9.05 Å². The van der Waals surface area contributed by atoms with Crippen molar-refractivity contribution in [2.24, 2.45) is 0 Å². The summed E-state index contributed by atoms with van der Waals surface area (Å²) in [6.07, 6.45) is 1.27. The van der Waals surface area contributed by atoms with Gasteiger partial charge in [0.2, 0.25) is 10.0 Å². The van der Waals surface area contributed by atoms with Gasteiger partial charge in [-0.05, 0) is 47.0 Å². The van der Waals surface area contributed by atoms with E-state index < -0.39 is 19.1 Å². The zero-order valence-electron chi connectivity index (χ0n) is 10.8. The van der Waals surface area contributed by atoms with E-state index in [0.717, 1.165) is 6.42 Å². The molecule has 1 heterocycles. The number of sulfonamides is 1. The van der Waals surface area contributed by atoms with Crippen molar-refractivity contribution in [3.05, 3.63) is 22.7 Å². The molecule has 0 spiro atoms. The number of halogens is 2.